The number of aryl methyl sites for hydroxylation is 1. The van der Waals surface area contributed by atoms with Crippen LogP contribution in [0.2, 0.25) is 18.1 Å². The van der Waals surface area contributed by atoms with Crippen molar-refractivity contribution in [3.63, 3.8) is 0 Å². The lowest BCUT2D eigenvalue weighted by Crippen LogP contribution is -2.41. The summed E-state index contributed by atoms with van der Waals surface area (Å²) < 4.78 is 19.0. The fourth-order valence-electron chi connectivity index (χ4n) is 3.65. The van der Waals surface area contributed by atoms with Gasteiger partial charge in [0.2, 0.25) is 14.6 Å². The summed E-state index contributed by atoms with van der Waals surface area (Å²) in [7, 11) is -2.15. The van der Waals surface area contributed by atoms with Crippen LogP contribution in [0.15, 0.2) is 79.1 Å². The highest BCUT2D eigenvalue weighted by Gasteiger charge is 2.40. The van der Waals surface area contributed by atoms with Crippen molar-refractivity contribution in [3.05, 3.63) is 90.2 Å². The topological polar surface area (TPSA) is 44.8 Å². The Morgan fingerprint density at radius 2 is 1.58 bits per heavy atom. The molecule has 2 atom stereocenters. The minimum Gasteiger partial charge on any atom is -0.546 e. The first-order valence-corrected chi connectivity index (χ1v) is 15.8. The van der Waals surface area contributed by atoms with Crippen molar-refractivity contribution in [2.75, 3.05) is 0 Å². The van der Waals surface area contributed by atoms with E-state index in [1.807, 2.05) is 42.5 Å². The molecule has 0 saturated carbocycles. The van der Waals surface area contributed by atoms with Crippen molar-refractivity contribution >= 4 is 19.9 Å². The molecule has 0 N–H and O–H groups in total. The van der Waals surface area contributed by atoms with Crippen molar-refractivity contribution in [1.82, 2.24) is 0 Å². The van der Waals surface area contributed by atoms with E-state index in [1.54, 1.807) is 0 Å². The summed E-state index contributed by atoms with van der Waals surface area (Å²) in [6, 6.07) is 20.5. The second-order valence-corrected chi connectivity index (χ2v) is 15.6. The average Bonchev–Trinajstić information content (AvgIpc) is 2.81. The van der Waals surface area contributed by atoms with Crippen molar-refractivity contribution in [3.8, 4) is 0 Å². The molecule has 5 heteroatoms. The summed E-state index contributed by atoms with van der Waals surface area (Å²) in [4.78, 5) is 12.1. The monoisotopic (exact) mass is 508 g/mol. The van der Waals surface area contributed by atoms with Gasteiger partial charge in [0.15, 0.2) is 0 Å². The quantitative estimate of drug-likeness (QED) is 0.0897. The summed E-state index contributed by atoms with van der Waals surface area (Å²) in [5.74, 6) is 0.448. The minimum absolute atomic E-state index is 0.0219. The number of benzene rings is 2. The van der Waals surface area contributed by atoms with Crippen molar-refractivity contribution in [2.45, 2.75) is 90.8 Å². The van der Waals surface area contributed by atoms with Crippen LogP contribution in [0, 0.1) is 0 Å². The van der Waals surface area contributed by atoms with Crippen LogP contribution >= 0.6 is 0 Å². The highest BCUT2D eigenvalue weighted by Crippen LogP contribution is 2.40. The number of ether oxygens (including phenoxy) is 2. The van der Waals surface area contributed by atoms with Crippen LogP contribution in [-0.2, 0) is 25.1 Å². The molecule has 2 aromatic rings. The normalized spacial score (nSPS) is 14.4. The van der Waals surface area contributed by atoms with Crippen LogP contribution in [0.1, 0.15) is 65.0 Å². The predicted molar refractivity (Wildman–Crippen MR) is 152 cm³/mol. The molecular formula is C31H44O4Si. The molecule has 0 fully saturated rings. The Balaban J connectivity index is 2.34. The number of carbonyl (C=O) groups excluding carboxylic acids is 1. The number of esters is 1. The van der Waals surface area contributed by atoms with Gasteiger partial charge in [0.05, 0.1) is 18.3 Å². The van der Waals surface area contributed by atoms with E-state index in [9.17, 15) is 4.79 Å². The third kappa shape index (κ3) is 9.44. The largest absolute Gasteiger partial charge is 0.546 e. The van der Waals surface area contributed by atoms with Gasteiger partial charge in [-0.1, -0.05) is 87.5 Å². The molecule has 0 aliphatic rings. The standard InChI is InChI=1S/C31H44O4Si/c1-9-16-28(22-21-26-17-12-10-13-18-26)34-30(33-25(3)32)23-29(35-36(7,8)31(4,5)6)24(2)27-19-14-11-15-20-27/h9-15,17-20,28,30H,1,16,21-23H2,2-8H3/b29-24-/t28-,30?/m1/s1. The molecule has 0 heterocycles. The Morgan fingerprint density at radius 1 is 1.00 bits per heavy atom. The molecule has 0 amide bonds. The van der Waals surface area contributed by atoms with Gasteiger partial charge in [-0.3, -0.25) is 4.79 Å². The number of hydrogen-bond acceptors (Lipinski definition) is 4. The van der Waals surface area contributed by atoms with Crippen molar-refractivity contribution < 1.29 is 18.7 Å². The molecule has 0 aliphatic heterocycles. The molecule has 0 aromatic heterocycles. The average molecular weight is 509 g/mol. The maximum Gasteiger partial charge on any atom is 0.304 e. The zero-order chi connectivity index (χ0) is 26.8. The second kappa shape index (κ2) is 13.6. The summed E-state index contributed by atoms with van der Waals surface area (Å²) in [6.07, 6.45) is 3.68. The highest BCUT2D eigenvalue weighted by molar-refractivity contribution is 6.74. The summed E-state index contributed by atoms with van der Waals surface area (Å²) in [5.41, 5.74) is 3.37. The number of rotatable bonds is 13. The second-order valence-electron chi connectivity index (χ2n) is 10.8. The Kier molecular flexibility index (Phi) is 11.2. The summed E-state index contributed by atoms with van der Waals surface area (Å²) in [6.45, 7) is 18.5. The molecule has 2 rings (SSSR count). The van der Waals surface area contributed by atoms with Gasteiger partial charge in [0.25, 0.3) is 0 Å². The molecule has 0 radical (unpaired) electrons. The van der Waals surface area contributed by atoms with Gasteiger partial charge in [0, 0.05) is 6.92 Å². The fraction of sp³-hybridized carbons (Fsp3) is 0.452. The first kappa shape index (κ1) is 29.6. The van der Waals surface area contributed by atoms with Gasteiger partial charge < -0.3 is 13.9 Å². The van der Waals surface area contributed by atoms with Crippen LogP contribution in [0.25, 0.3) is 5.57 Å². The van der Waals surface area contributed by atoms with Crippen molar-refractivity contribution in [1.29, 1.82) is 0 Å². The maximum absolute atomic E-state index is 12.1. The van der Waals surface area contributed by atoms with Gasteiger partial charge in [-0.2, -0.15) is 0 Å². The van der Waals surface area contributed by atoms with E-state index in [0.717, 1.165) is 29.7 Å². The predicted octanol–water partition coefficient (Wildman–Crippen LogP) is 8.31. The van der Waals surface area contributed by atoms with Crippen LogP contribution in [0.5, 0.6) is 0 Å². The van der Waals surface area contributed by atoms with Gasteiger partial charge in [0.1, 0.15) is 0 Å². The molecule has 0 spiro atoms. The van der Waals surface area contributed by atoms with Crippen LogP contribution < -0.4 is 0 Å². The lowest BCUT2D eigenvalue weighted by Gasteiger charge is -2.38. The van der Waals surface area contributed by atoms with Gasteiger partial charge >= 0.3 is 5.97 Å². The molecule has 0 saturated heterocycles. The van der Waals surface area contributed by atoms with Gasteiger partial charge in [-0.25, -0.2) is 0 Å². The van der Waals surface area contributed by atoms with E-state index in [4.69, 9.17) is 13.9 Å². The molecule has 196 valence electrons. The minimum atomic E-state index is -2.15. The molecule has 4 nitrogen and oxygen atoms in total. The molecule has 1 unspecified atom stereocenters. The van der Waals surface area contributed by atoms with Gasteiger partial charge in [-0.15, -0.1) is 6.58 Å². The van der Waals surface area contributed by atoms with Crippen LogP contribution in [0.3, 0.4) is 0 Å². The summed E-state index contributed by atoms with van der Waals surface area (Å²) in [5, 5.41) is 0.0219. The van der Waals surface area contributed by atoms with Gasteiger partial charge in [-0.05, 0) is 61.0 Å². The molecule has 36 heavy (non-hydrogen) atoms. The Labute approximate surface area is 219 Å². The molecule has 2 aromatic carbocycles. The van der Waals surface area contributed by atoms with E-state index in [2.05, 4.69) is 71.6 Å². The van der Waals surface area contributed by atoms with Crippen LogP contribution in [-0.4, -0.2) is 26.7 Å². The Morgan fingerprint density at radius 3 is 2.11 bits per heavy atom. The summed E-state index contributed by atoms with van der Waals surface area (Å²) >= 11 is 0. The first-order valence-electron chi connectivity index (χ1n) is 12.8. The maximum atomic E-state index is 12.1. The van der Waals surface area contributed by atoms with E-state index in [0.29, 0.717) is 12.8 Å². The Bertz CT molecular complexity index is 990. The fourth-order valence-corrected chi connectivity index (χ4v) is 4.81. The van der Waals surface area contributed by atoms with E-state index >= 15 is 0 Å². The van der Waals surface area contributed by atoms with Crippen LogP contribution in [0.4, 0.5) is 0 Å². The lowest BCUT2D eigenvalue weighted by atomic mass is 10.0. The van der Waals surface area contributed by atoms with Crippen molar-refractivity contribution in [2.24, 2.45) is 0 Å². The number of hydrogen-bond donors (Lipinski definition) is 0. The molecular weight excluding hydrogens is 464 g/mol. The smallest absolute Gasteiger partial charge is 0.304 e. The number of carbonyl (C=O) groups is 1. The zero-order valence-electron chi connectivity index (χ0n) is 23.2. The van der Waals surface area contributed by atoms with E-state index in [1.165, 1.54) is 12.5 Å². The SMILES string of the molecule is C=CC[C@H](CCc1ccccc1)OC(C/C(O[Si](C)(C)C(C)(C)C)=C(\C)c1ccccc1)OC(C)=O. The zero-order valence-corrected chi connectivity index (χ0v) is 24.2. The molecule has 0 aliphatic carbocycles. The van der Waals surface area contributed by atoms with E-state index in [-0.39, 0.29) is 17.1 Å². The first-order chi connectivity index (χ1) is 16.9. The molecule has 0 bridgehead atoms. The number of allylic oxidation sites excluding steroid dienone is 1. The van der Waals surface area contributed by atoms with E-state index < -0.39 is 14.6 Å². The Hall–Kier alpha value is -2.63. The third-order valence-corrected chi connectivity index (χ3v) is 11.2. The highest BCUT2D eigenvalue weighted by atomic mass is 28.4. The third-order valence-electron chi connectivity index (χ3n) is 6.83. The lowest BCUT2D eigenvalue weighted by molar-refractivity contribution is -0.188.